The first kappa shape index (κ1) is 53.9. The predicted octanol–water partition coefficient (Wildman–Crippen LogP) is -4.40. The monoisotopic (exact) mass is 856 g/mol. The smallest absolute Gasteiger partial charge is 0.322 e. The number of hydrogen-bond donors (Lipinski definition) is 13. The molecule has 24 heteroatoms. The van der Waals surface area contributed by atoms with Crippen LogP contribution in [0.15, 0.2) is 4.99 Å². The molecule has 24 nitrogen and oxygen atoms in total. The van der Waals surface area contributed by atoms with E-state index < -0.39 is 134 Å². The molecule has 6 atom stereocenters. The molecule has 8 amide bonds. The summed E-state index contributed by atoms with van der Waals surface area (Å²) in [5.41, 5.74) is 21.4. The van der Waals surface area contributed by atoms with Gasteiger partial charge in [0.15, 0.2) is 5.96 Å². The fraction of sp³-hybridized carbons (Fsp3) is 0.694. The van der Waals surface area contributed by atoms with Crippen molar-refractivity contribution in [3.63, 3.8) is 0 Å². The fourth-order valence-electron chi connectivity index (χ4n) is 5.52. The van der Waals surface area contributed by atoms with Gasteiger partial charge in [-0.25, -0.2) is 0 Å². The van der Waals surface area contributed by atoms with Crippen LogP contribution in [0.4, 0.5) is 0 Å². The lowest BCUT2D eigenvalue weighted by Gasteiger charge is -2.29. The van der Waals surface area contributed by atoms with E-state index >= 15 is 0 Å². The van der Waals surface area contributed by atoms with E-state index in [1.165, 1.54) is 0 Å². The molecule has 0 bridgehead atoms. The molecule has 0 aromatic heterocycles. The normalized spacial score (nSPS) is 14.0. The van der Waals surface area contributed by atoms with Crippen LogP contribution in [0.3, 0.4) is 0 Å². The molecule has 0 aliphatic rings. The summed E-state index contributed by atoms with van der Waals surface area (Å²) in [5, 5.41) is 35.1. The Bertz CT molecular complexity index is 1550. The molecular weight excluding hydrogens is 792 g/mol. The minimum Gasteiger partial charge on any atom is -0.481 e. The first-order chi connectivity index (χ1) is 27.9. The molecule has 0 radical (unpaired) electrons. The van der Waals surface area contributed by atoms with E-state index in [-0.39, 0.29) is 50.0 Å². The molecule has 0 aliphatic heterocycles. The second-order valence-corrected chi connectivity index (χ2v) is 15.2. The zero-order valence-corrected chi connectivity index (χ0v) is 35.0. The van der Waals surface area contributed by atoms with Crippen molar-refractivity contribution in [1.29, 1.82) is 0 Å². The van der Waals surface area contributed by atoms with Gasteiger partial charge >= 0.3 is 11.9 Å². The Balaban J connectivity index is 6.37. The molecule has 0 fully saturated rings. The van der Waals surface area contributed by atoms with Crippen molar-refractivity contribution in [2.24, 2.45) is 45.7 Å². The Morgan fingerprint density at radius 1 is 0.567 bits per heavy atom. The fourth-order valence-corrected chi connectivity index (χ4v) is 5.52. The molecule has 0 aliphatic carbocycles. The number of carboxylic acid groups (broad SMARTS) is 2. The van der Waals surface area contributed by atoms with Crippen LogP contribution in [0.5, 0.6) is 0 Å². The van der Waals surface area contributed by atoms with Crippen molar-refractivity contribution in [2.75, 3.05) is 19.6 Å². The van der Waals surface area contributed by atoms with Crippen LogP contribution in [0.25, 0.3) is 0 Å². The van der Waals surface area contributed by atoms with Gasteiger partial charge in [0.1, 0.15) is 42.8 Å². The standard InChI is InChI=1S/C36H64N12O12/c1-17(2)12-22(45-31(56)20(43-26(50)15-37)8-7-11-41-36(39)40)33(58)46-23(13-18(3)4)34(59)48-29(19(5)6)35(60)44-21(9-10-25(38)49)32(57)47-24(14-27(51)52)30(55)42-16-28(53)54/h17-24,29H,7-16,37H2,1-6H3,(H2,38,49)(H,42,55)(H,43,50)(H,44,60)(H,45,56)(H,46,58)(H,47,57)(H,48,59)(H,51,52)(H,53,54)(H4,39,40,41)/t20-,21-,22-,23-,24-,29-/m0/s1. The lowest BCUT2D eigenvalue weighted by molar-refractivity contribution is -0.142. The van der Waals surface area contributed by atoms with Gasteiger partial charge in [-0.1, -0.05) is 41.5 Å². The first-order valence-electron chi connectivity index (χ1n) is 19.4. The maximum atomic E-state index is 13.9. The second-order valence-electron chi connectivity index (χ2n) is 15.2. The van der Waals surface area contributed by atoms with Crippen LogP contribution in [-0.4, -0.2) is 131 Å². The molecule has 0 saturated carbocycles. The number of carbonyl (C=O) groups is 10. The zero-order chi connectivity index (χ0) is 46.3. The Kier molecular flexibility index (Phi) is 24.8. The van der Waals surface area contributed by atoms with E-state index in [2.05, 4.69) is 36.9 Å². The lowest BCUT2D eigenvalue weighted by atomic mass is 9.98. The third kappa shape index (κ3) is 22.8. The average molecular weight is 857 g/mol. The topological polar surface area (TPSA) is 412 Å². The number of rotatable bonds is 29. The van der Waals surface area contributed by atoms with Crippen molar-refractivity contribution in [2.45, 2.75) is 123 Å². The number of guanidine groups is 1. The highest BCUT2D eigenvalue weighted by Gasteiger charge is 2.35. The quantitative estimate of drug-likeness (QED) is 0.0192. The lowest BCUT2D eigenvalue weighted by Crippen LogP contribution is -2.61. The molecule has 0 unspecified atom stereocenters. The predicted molar refractivity (Wildman–Crippen MR) is 216 cm³/mol. The maximum Gasteiger partial charge on any atom is 0.322 e. The van der Waals surface area contributed by atoms with Gasteiger partial charge in [-0.3, -0.25) is 52.9 Å². The van der Waals surface area contributed by atoms with Crippen LogP contribution >= 0.6 is 0 Å². The largest absolute Gasteiger partial charge is 0.481 e. The molecule has 0 rings (SSSR count). The number of nitrogens with one attached hydrogen (secondary N) is 7. The van der Waals surface area contributed by atoms with Gasteiger partial charge < -0.3 is 70.4 Å². The van der Waals surface area contributed by atoms with Gasteiger partial charge in [-0.15, -0.1) is 0 Å². The van der Waals surface area contributed by atoms with Gasteiger partial charge in [0, 0.05) is 13.0 Å². The Morgan fingerprint density at radius 2 is 1.03 bits per heavy atom. The minimum absolute atomic E-state index is 0.0743. The highest BCUT2D eigenvalue weighted by Crippen LogP contribution is 2.12. The summed E-state index contributed by atoms with van der Waals surface area (Å²) in [4.78, 5) is 131. The summed E-state index contributed by atoms with van der Waals surface area (Å²) in [6.45, 7) is 9.17. The molecule has 17 N–H and O–H groups in total. The van der Waals surface area contributed by atoms with Gasteiger partial charge in [-0.05, 0) is 49.9 Å². The summed E-state index contributed by atoms with van der Waals surface area (Å²) in [7, 11) is 0. The Hall–Kier alpha value is -6.07. The van der Waals surface area contributed by atoms with Gasteiger partial charge in [0.05, 0.1) is 13.0 Å². The number of aliphatic imine (C=N–C) groups is 1. The SMILES string of the molecule is CC(C)C[C@H](NC(=O)[C@H](CCCN=C(N)N)NC(=O)CN)C(=O)N[C@@H](CC(C)C)C(=O)N[C@H](C(=O)N[C@@H](CCC(N)=O)C(=O)N[C@@H](CC(=O)O)C(=O)NCC(=O)O)C(C)C. The number of nitrogens with two attached hydrogens (primary N) is 4. The van der Waals surface area contributed by atoms with E-state index in [9.17, 15) is 53.1 Å². The van der Waals surface area contributed by atoms with Crippen molar-refractivity contribution in [3.8, 4) is 0 Å². The van der Waals surface area contributed by atoms with E-state index in [0.717, 1.165) is 0 Å². The molecule has 60 heavy (non-hydrogen) atoms. The number of carboxylic acids is 2. The van der Waals surface area contributed by atoms with Gasteiger partial charge in [0.2, 0.25) is 47.3 Å². The molecule has 340 valence electrons. The van der Waals surface area contributed by atoms with Crippen molar-refractivity contribution in [1.82, 2.24) is 37.2 Å². The zero-order valence-electron chi connectivity index (χ0n) is 35.0. The molecule has 0 aromatic carbocycles. The summed E-state index contributed by atoms with van der Waals surface area (Å²) in [6.07, 6.45) is -1.24. The van der Waals surface area contributed by atoms with Crippen LogP contribution in [0.1, 0.15) is 86.5 Å². The molecule has 0 heterocycles. The number of aliphatic carboxylic acids is 2. The van der Waals surface area contributed by atoms with Crippen LogP contribution in [0.2, 0.25) is 0 Å². The Labute approximate surface area is 348 Å². The summed E-state index contributed by atoms with van der Waals surface area (Å²) in [5.74, 6) is -11.0. The van der Waals surface area contributed by atoms with Gasteiger partial charge in [0.25, 0.3) is 0 Å². The summed E-state index contributed by atoms with van der Waals surface area (Å²) >= 11 is 0. The first-order valence-corrected chi connectivity index (χ1v) is 19.4. The van der Waals surface area contributed by atoms with Crippen molar-refractivity contribution < 1.29 is 58.2 Å². The second kappa shape index (κ2) is 27.6. The number of amides is 8. The van der Waals surface area contributed by atoms with Crippen LogP contribution < -0.4 is 60.2 Å². The average Bonchev–Trinajstić information content (AvgIpc) is 3.13. The van der Waals surface area contributed by atoms with Crippen LogP contribution in [0, 0.1) is 17.8 Å². The number of nitrogens with zero attached hydrogens (tertiary/aromatic N) is 1. The minimum atomic E-state index is -1.78. The van der Waals surface area contributed by atoms with E-state index in [1.54, 1.807) is 41.5 Å². The van der Waals surface area contributed by atoms with Crippen molar-refractivity contribution >= 4 is 65.2 Å². The molecular formula is C36H64N12O12. The number of primary amides is 1. The maximum absolute atomic E-state index is 13.9. The van der Waals surface area contributed by atoms with Gasteiger partial charge in [-0.2, -0.15) is 0 Å². The van der Waals surface area contributed by atoms with Crippen LogP contribution in [-0.2, 0) is 47.9 Å². The van der Waals surface area contributed by atoms with E-state index in [1.807, 2.05) is 5.32 Å². The molecule has 0 aromatic rings. The molecule has 0 spiro atoms. The number of carbonyl (C=O) groups excluding carboxylic acids is 8. The third-order valence-electron chi connectivity index (χ3n) is 8.45. The van der Waals surface area contributed by atoms with E-state index in [0.29, 0.717) is 0 Å². The Morgan fingerprint density at radius 3 is 1.47 bits per heavy atom. The summed E-state index contributed by atoms with van der Waals surface area (Å²) < 4.78 is 0. The highest BCUT2D eigenvalue weighted by molar-refractivity contribution is 5.98. The third-order valence-corrected chi connectivity index (χ3v) is 8.45. The number of hydrogen-bond acceptors (Lipinski definition) is 12. The summed E-state index contributed by atoms with van der Waals surface area (Å²) in [6, 6.07) is -8.27. The highest BCUT2D eigenvalue weighted by atomic mass is 16.4. The molecule has 0 saturated heterocycles. The van der Waals surface area contributed by atoms with Crippen molar-refractivity contribution in [3.05, 3.63) is 0 Å². The van der Waals surface area contributed by atoms with E-state index in [4.69, 9.17) is 28.0 Å².